The minimum Gasteiger partial charge on any atom is -0.462 e. The van der Waals surface area contributed by atoms with Crippen molar-refractivity contribution in [1.82, 2.24) is 4.57 Å². The molecule has 3 aromatic rings. The van der Waals surface area contributed by atoms with Crippen LogP contribution in [0.4, 0.5) is 5.69 Å². The van der Waals surface area contributed by atoms with Gasteiger partial charge in [-0.15, -0.1) is 0 Å². The highest BCUT2D eigenvalue weighted by molar-refractivity contribution is 7.98. The van der Waals surface area contributed by atoms with E-state index in [-0.39, 0.29) is 11.3 Å². The molecule has 3 rings (SSSR count). The van der Waals surface area contributed by atoms with E-state index in [0.717, 1.165) is 16.0 Å². The SMILES string of the molecule is CCOC(=O)c1ccc2c(c1)sc(=NC(=O)c1ccc([N+](=O)[O-])cc1)n2CCSC. The van der Waals surface area contributed by atoms with Gasteiger partial charge in [0.1, 0.15) is 0 Å². The van der Waals surface area contributed by atoms with E-state index in [0.29, 0.717) is 23.5 Å². The normalized spacial score (nSPS) is 11.6. The van der Waals surface area contributed by atoms with E-state index in [1.54, 1.807) is 30.8 Å². The van der Waals surface area contributed by atoms with Gasteiger partial charge in [-0.2, -0.15) is 16.8 Å². The lowest BCUT2D eigenvalue weighted by Gasteiger charge is -2.05. The Hall–Kier alpha value is -2.98. The number of thioether (sulfide) groups is 1. The Bertz CT molecular complexity index is 1170. The average Bonchev–Trinajstić information content (AvgIpc) is 3.08. The molecule has 10 heteroatoms. The Balaban J connectivity index is 2.04. The van der Waals surface area contributed by atoms with Crippen LogP contribution in [0.15, 0.2) is 47.5 Å². The number of nitro groups is 1. The summed E-state index contributed by atoms with van der Waals surface area (Å²) < 4.78 is 7.81. The molecular weight excluding hydrogens is 426 g/mol. The molecule has 8 nitrogen and oxygen atoms in total. The van der Waals surface area contributed by atoms with Crippen molar-refractivity contribution >= 4 is 50.9 Å². The maximum absolute atomic E-state index is 12.6. The number of amides is 1. The molecule has 0 saturated heterocycles. The van der Waals surface area contributed by atoms with Crippen LogP contribution < -0.4 is 4.80 Å². The molecule has 0 atom stereocenters. The minimum atomic E-state index is -0.519. The van der Waals surface area contributed by atoms with Crippen molar-refractivity contribution in [1.29, 1.82) is 0 Å². The highest BCUT2D eigenvalue weighted by atomic mass is 32.2. The van der Waals surface area contributed by atoms with Gasteiger partial charge in [0.25, 0.3) is 11.6 Å². The fourth-order valence-corrected chi connectivity index (χ4v) is 4.23. The maximum atomic E-state index is 12.6. The lowest BCUT2D eigenvalue weighted by Crippen LogP contribution is -2.18. The number of aryl methyl sites for hydroxylation is 1. The van der Waals surface area contributed by atoms with Gasteiger partial charge < -0.3 is 9.30 Å². The standard InChI is InChI=1S/C20H19N3O5S2/c1-3-28-19(25)14-6-9-16-17(12-14)30-20(22(16)10-11-29-2)21-18(24)13-4-7-15(8-5-13)23(26)27/h4-9,12H,3,10-11H2,1-2H3. The second-order valence-electron chi connectivity index (χ2n) is 6.15. The lowest BCUT2D eigenvalue weighted by molar-refractivity contribution is -0.384. The largest absolute Gasteiger partial charge is 0.462 e. The van der Waals surface area contributed by atoms with Gasteiger partial charge >= 0.3 is 5.97 Å². The molecule has 0 bridgehead atoms. The summed E-state index contributed by atoms with van der Waals surface area (Å²) in [6, 6.07) is 10.6. The predicted molar refractivity (Wildman–Crippen MR) is 117 cm³/mol. The highest BCUT2D eigenvalue weighted by Crippen LogP contribution is 2.21. The van der Waals surface area contributed by atoms with Crippen LogP contribution in [0.3, 0.4) is 0 Å². The minimum absolute atomic E-state index is 0.0880. The second kappa shape index (κ2) is 9.68. The number of esters is 1. The van der Waals surface area contributed by atoms with Gasteiger partial charge in [0.15, 0.2) is 4.80 Å². The van der Waals surface area contributed by atoms with Crippen molar-refractivity contribution in [2.75, 3.05) is 18.6 Å². The van der Waals surface area contributed by atoms with Gasteiger partial charge in [0.05, 0.1) is 27.3 Å². The third-order valence-electron chi connectivity index (χ3n) is 4.24. The number of ether oxygens (including phenoxy) is 1. The zero-order valence-electron chi connectivity index (χ0n) is 16.4. The molecule has 0 unspecified atom stereocenters. The predicted octanol–water partition coefficient (Wildman–Crippen LogP) is 3.89. The molecule has 0 fully saturated rings. The number of rotatable bonds is 7. The van der Waals surface area contributed by atoms with E-state index in [4.69, 9.17) is 4.74 Å². The number of nitro benzene ring substituents is 1. The molecule has 0 aliphatic rings. The van der Waals surface area contributed by atoms with Gasteiger partial charge in [-0.1, -0.05) is 11.3 Å². The van der Waals surface area contributed by atoms with Crippen molar-refractivity contribution in [3.8, 4) is 0 Å². The molecule has 2 aromatic carbocycles. The number of carbonyl (C=O) groups excluding carboxylic acids is 2. The van der Waals surface area contributed by atoms with Crippen molar-refractivity contribution in [2.45, 2.75) is 13.5 Å². The fraction of sp³-hybridized carbons (Fsp3) is 0.250. The number of non-ortho nitro benzene ring substituents is 1. The van der Waals surface area contributed by atoms with Crippen molar-refractivity contribution in [3.63, 3.8) is 0 Å². The molecule has 156 valence electrons. The number of carbonyl (C=O) groups is 2. The Morgan fingerprint density at radius 3 is 2.53 bits per heavy atom. The maximum Gasteiger partial charge on any atom is 0.338 e. The first kappa shape index (κ1) is 21.7. The Labute approximate surface area is 180 Å². The third-order valence-corrected chi connectivity index (χ3v) is 5.87. The van der Waals surface area contributed by atoms with E-state index in [2.05, 4.69) is 4.99 Å². The molecule has 0 radical (unpaired) electrons. The summed E-state index contributed by atoms with van der Waals surface area (Å²) >= 11 is 2.98. The van der Waals surface area contributed by atoms with Crippen molar-refractivity contribution in [3.05, 3.63) is 68.5 Å². The van der Waals surface area contributed by atoms with Gasteiger partial charge in [0, 0.05) is 30.0 Å². The molecule has 1 heterocycles. The molecular formula is C20H19N3O5S2. The lowest BCUT2D eigenvalue weighted by atomic mass is 10.2. The number of nitrogens with zero attached hydrogens (tertiary/aromatic N) is 3. The summed E-state index contributed by atoms with van der Waals surface area (Å²) in [6.45, 7) is 2.68. The number of hydrogen-bond donors (Lipinski definition) is 0. The molecule has 0 aliphatic heterocycles. The van der Waals surface area contributed by atoms with Gasteiger partial charge in [0.2, 0.25) is 0 Å². The summed E-state index contributed by atoms with van der Waals surface area (Å²) in [5.41, 5.74) is 1.49. The number of benzene rings is 2. The third kappa shape index (κ3) is 4.77. The monoisotopic (exact) mass is 445 g/mol. The van der Waals surface area contributed by atoms with Crippen LogP contribution in [0.5, 0.6) is 0 Å². The molecule has 1 amide bonds. The van der Waals surface area contributed by atoms with Crippen LogP contribution >= 0.6 is 23.1 Å². The van der Waals surface area contributed by atoms with Gasteiger partial charge in [-0.05, 0) is 43.5 Å². The molecule has 0 spiro atoms. The summed E-state index contributed by atoms with van der Waals surface area (Å²) in [7, 11) is 0. The van der Waals surface area contributed by atoms with E-state index >= 15 is 0 Å². The Morgan fingerprint density at radius 2 is 1.90 bits per heavy atom. The summed E-state index contributed by atoms with van der Waals surface area (Å²) in [4.78, 5) is 39.7. The highest BCUT2D eigenvalue weighted by Gasteiger charge is 2.14. The number of aromatic nitrogens is 1. The molecule has 30 heavy (non-hydrogen) atoms. The van der Waals surface area contributed by atoms with Gasteiger partial charge in [-0.3, -0.25) is 14.9 Å². The smallest absolute Gasteiger partial charge is 0.338 e. The first-order valence-corrected chi connectivity index (χ1v) is 11.3. The topological polar surface area (TPSA) is 104 Å². The molecule has 1 aromatic heterocycles. The number of fused-ring (bicyclic) bond motifs is 1. The number of hydrogen-bond acceptors (Lipinski definition) is 7. The van der Waals surface area contributed by atoms with E-state index in [1.165, 1.54) is 35.6 Å². The molecule has 0 N–H and O–H groups in total. The van der Waals surface area contributed by atoms with Crippen LogP contribution in [0, 0.1) is 10.1 Å². The Morgan fingerprint density at radius 1 is 1.20 bits per heavy atom. The van der Waals surface area contributed by atoms with Crippen LogP contribution in [-0.4, -0.2) is 40.0 Å². The average molecular weight is 446 g/mol. The summed E-state index contributed by atoms with van der Waals surface area (Å²) in [5, 5.41) is 10.8. The summed E-state index contributed by atoms with van der Waals surface area (Å²) in [6.07, 6.45) is 1.99. The fourth-order valence-electron chi connectivity index (χ4n) is 2.78. The van der Waals surface area contributed by atoms with E-state index in [1.807, 2.05) is 16.9 Å². The number of thiazole rings is 1. The van der Waals surface area contributed by atoms with Crippen molar-refractivity contribution in [2.24, 2.45) is 4.99 Å². The Kier molecular flexibility index (Phi) is 7.01. The first-order valence-electron chi connectivity index (χ1n) is 9.07. The second-order valence-corrected chi connectivity index (χ2v) is 8.15. The van der Waals surface area contributed by atoms with Crippen LogP contribution in [0.1, 0.15) is 27.6 Å². The zero-order chi connectivity index (χ0) is 21.7. The van der Waals surface area contributed by atoms with Crippen LogP contribution in [0.2, 0.25) is 0 Å². The zero-order valence-corrected chi connectivity index (χ0v) is 18.0. The van der Waals surface area contributed by atoms with Crippen molar-refractivity contribution < 1.29 is 19.2 Å². The van der Waals surface area contributed by atoms with Crippen LogP contribution in [0.25, 0.3) is 10.2 Å². The van der Waals surface area contributed by atoms with E-state index < -0.39 is 16.8 Å². The van der Waals surface area contributed by atoms with Crippen LogP contribution in [-0.2, 0) is 11.3 Å². The quantitative estimate of drug-likeness (QED) is 0.310. The summed E-state index contributed by atoms with van der Waals surface area (Å²) in [5.74, 6) is -0.0615. The molecule has 0 aliphatic carbocycles. The molecule has 0 saturated carbocycles. The van der Waals surface area contributed by atoms with E-state index in [9.17, 15) is 19.7 Å². The van der Waals surface area contributed by atoms with Gasteiger partial charge in [-0.25, -0.2) is 4.79 Å². The first-order chi connectivity index (χ1) is 14.4.